The normalized spacial score (nSPS) is 44.6. The molecule has 3 spiro atoms. The fourth-order valence-corrected chi connectivity index (χ4v) is 10.5. The summed E-state index contributed by atoms with van der Waals surface area (Å²) >= 11 is 0. The number of carboxylic acid groups (broad SMARTS) is 1. The fraction of sp³-hybridized carbons (Fsp3) is 0.841. The summed E-state index contributed by atoms with van der Waals surface area (Å²) in [6, 6.07) is 0. The van der Waals surface area contributed by atoms with Crippen LogP contribution in [0.2, 0.25) is 0 Å². The highest BCUT2D eigenvalue weighted by atomic mass is 16.7. The third-order valence-electron chi connectivity index (χ3n) is 14.0. The van der Waals surface area contributed by atoms with Crippen molar-refractivity contribution in [2.24, 2.45) is 17.8 Å². The summed E-state index contributed by atoms with van der Waals surface area (Å²) < 4.78 is 45.2. The Morgan fingerprint density at radius 2 is 1.76 bits per heavy atom. The third-order valence-corrected chi connectivity index (χ3v) is 14.0. The highest BCUT2D eigenvalue weighted by Gasteiger charge is 2.55. The van der Waals surface area contributed by atoms with Crippen LogP contribution in [-0.4, -0.2) is 117 Å². The van der Waals surface area contributed by atoms with E-state index in [2.05, 4.69) is 20.4 Å². The second kappa shape index (κ2) is 17.9. The molecule has 0 amide bonds. The molecule has 7 rings (SSSR count). The average Bonchev–Trinajstić information content (AvgIpc) is 3.56. The Balaban J connectivity index is 0.00000567. The van der Waals surface area contributed by atoms with E-state index < -0.39 is 71.7 Å². The average molecular weight is 822 g/mol. The maximum atomic E-state index is 11.5. The molecule has 14 nitrogen and oxygen atoms in total. The van der Waals surface area contributed by atoms with Crippen molar-refractivity contribution >= 4 is 5.97 Å². The van der Waals surface area contributed by atoms with Gasteiger partial charge in [-0.3, -0.25) is 0 Å². The Bertz CT molecular complexity index is 1510. The molecule has 6 fully saturated rings. The summed E-state index contributed by atoms with van der Waals surface area (Å²) in [6.07, 6.45) is 9.10. The van der Waals surface area contributed by atoms with Crippen LogP contribution in [0.3, 0.4) is 0 Å². The van der Waals surface area contributed by atoms with Crippen molar-refractivity contribution in [3.05, 3.63) is 36.0 Å². The van der Waals surface area contributed by atoms with Crippen molar-refractivity contribution in [3.8, 4) is 0 Å². The van der Waals surface area contributed by atoms with E-state index in [-0.39, 0.29) is 42.7 Å². The molecule has 0 aromatic heterocycles. The number of hydrogen-bond acceptors (Lipinski definition) is 13. The molecular formula is C44H71NO13. The zero-order valence-corrected chi connectivity index (χ0v) is 35.5. The first kappa shape index (κ1) is 45.7. The predicted molar refractivity (Wildman–Crippen MR) is 211 cm³/mol. The molecule has 7 heterocycles. The van der Waals surface area contributed by atoms with Gasteiger partial charge in [0.05, 0.1) is 49.2 Å². The molecule has 330 valence electrons. The van der Waals surface area contributed by atoms with Crippen molar-refractivity contribution in [3.63, 3.8) is 0 Å². The number of carboxylic acids is 1. The summed E-state index contributed by atoms with van der Waals surface area (Å²) in [5.41, 5.74) is -0.677. The van der Waals surface area contributed by atoms with Crippen LogP contribution in [0, 0.1) is 17.8 Å². The van der Waals surface area contributed by atoms with E-state index in [1.54, 1.807) is 6.08 Å². The van der Waals surface area contributed by atoms with Gasteiger partial charge in [-0.05, 0) is 95.1 Å². The molecule has 58 heavy (non-hydrogen) atoms. The van der Waals surface area contributed by atoms with Crippen LogP contribution in [0.25, 0.3) is 0 Å². The van der Waals surface area contributed by atoms with Gasteiger partial charge in [0.1, 0.15) is 30.0 Å². The van der Waals surface area contributed by atoms with Gasteiger partial charge in [-0.15, -0.1) is 0 Å². The number of ether oxygens (including phenoxy) is 7. The van der Waals surface area contributed by atoms with Gasteiger partial charge in [0.2, 0.25) is 5.79 Å². The maximum Gasteiger partial charge on any atom is 0.215 e. The zero-order valence-electron chi connectivity index (χ0n) is 35.5. The molecule has 17 atom stereocenters. The Hall–Kier alpha value is -1.79. The van der Waals surface area contributed by atoms with Crippen LogP contribution >= 0.6 is 0 Å². The molecule has 8 N–H and O–H groups in total. The Labute approximate surface area is 343 Å². The minimum Gasteiger partial charge on any atom is -0.547 e. The molecule has 0 aromatic rings. The molecule has 0 radical (unpaired) electrons. The number of aliphatic carboxylic acids is 1. The Kier molecular flexibility index (Phi) is 14.1. The van der Waals surface area contributed by atoms with Gasteiger partial charge in [0, 0.05) is 38.0 Å². The van der Waals surface area contributed by atoms with Crippen LogP contribution < -0.4 is 11.3 Å². The van der Waals surface area contributed by atoms with Crippen molar-refractivity contribution in [2.45, 2.75) is 209 Å². The highest BCUT2D eigenvalue weighted by molar-refractivity contribution is 5.74. The van der Waals surface area contributed by atoms with Gasteiger partial charge in [-0.25, -0.2) is 0 Å². The van der Waals surface area contributed by atoms with Crippen molar-refractivity contribution in [1.82, 2.24) is 6.15 Å². The predicted octanol–water partition coefficient (Wildman–Crippen LogP) is 4.26. The molecule has 0 saturated carbocycles. The third kappa shape index (κ3) is 9.48. The largest absolute Gasteiger partial charge is 0.547 e. The quantitative estimate of drug-likeness (QED) is 0.195. The number of quaternary nitrogens is 1. The van der Waals surface area contributed by atoms with Gasteiger partial charge >= 0.3 is 0 Å². The lowest BCUT2D eigenvalue weighted by Crippen LogP contribution is -2.60. The number of carbonyl (C=O) groups is 1. The minimum absolute atomic E-state index is 0. The number of aliphatic hydroxyl groups is 4. The SMILES string of the molecule is C=C1C(O)C2OC3(CCC(C=CC(C)C4CC(C)=CC5(OC(CC(C)(O)C(=O)[O-])CCC5O)O4)O3)CCC2OC1C(O)CC(C)C1OC2(CCCCO2)CCC1C.[NH4+]. The second-order valence-electron chi connectivity index (χ2n) is 18.9. The number of carbonyl (C=O) groups excluding carboxylic acids is 1. The van der Waals surface area contributed by atoms with Gasteiger partial charge in [-0.1, -0.05) is 45.1 Å². The number of rotatable bonds is 10. The monoisotopic (exact) mass is 821 g/mol. The standard InChI is InChI=1S/C44H68O13.H3N/c1-25-21-34(55-44(23-25)35(46)12-11-31(54-44)24-41(6,50)40(48)49)26(2)9-10-30-14-18-43(53-30)19-15-33-39(57-43)36(47)29(5)38(52-33)32(45)22-28(4)37-27(3)13-17-42(56-37)16-7-8-20-51-42;/h9-10,23,26-28,30-39,45-47,50H,5,7-8,11-22,24H2,1-4,6H3,(H,48,49);1H3. The molecule has 17 unspecified atom stereocenters. The molecule has 0 bridgehead atoms. The van der Waals surface area contributed by atoms with Gasteiger partial charge in [0.15, 0.2) is 11.6 Å². The van der Waals surface area contributed by atoms with E-state index >= 15 is 0 Å². The van der Waals surface area contributed by atoms with Crippen LogP contribution in [0.15, 0.2) is 36.0 Å². The number of fused-ring (bicyclic) bond motifs is 1. The lowest BCUT2D eigenvalue weighted by Gasteiger charge is -2.50. The number of aliphatic hydroxyl groups excluding tert-OH is 3. The highest BCUT2D eigenvalue weighted by Crippen LogP contribution is 2.47. The summed E-state index contributed by atoms with van der Waals surface area (Å²) in [4.78, 5) is 11.5. The molecule has 14 heteroatoms. The van der Waals surface area contributed by atoms with Crippen molar-refractivity contribution in [2.75, 3.05) is 6.61 Å². The summed E-state index contributed by atoms with van der Waals surface area (Å²) in [6.45, 7) is 14.4. The van der Waals surface area contributed by atoms with Gasteiger partial charge in [-0.2, -0.15) is 0 Å². The topological polar surface area (TPSA) is 222 Å². The van der Waals surface area contributed by atoms with E-state index in [1.165, 1.54) is 6.92 Å². The molecule has 7 aliphatic heterocycles. The Morgan fingerprint density at radius 1 is 1.02 bits per heavy atom. The first-order chi connectivity index (χ1) is 26.9. The Morgan fingerprint density at radius 3 is 2.48 bits per heavy atom. The van der Waals surface area contributed by atoms with Crippen molar-refractivity contribution < 1.29 is 63.5 Å². The van der Waals surface area contributed by atoms with Gasteiger partial charge < -0.3 is 69.6 Å². The molecule has 0 aliphatic carbocycles. The summed E-state index contributed by atoms with van der Waals surface area (Å²) in [5, 5.41) is 56.0. The van der Waals surface area contributed by atoms with Crippen molar-refractivity contribution in [1.29, 1.82) is 0 Å². The van der Waals surface area contributed by atoms with E-state index in [9.17, 15) is 30.3 Å². The van der Waals surface area contributed by atoms with Gasteiger partial charge in [0.25, 0.3) is 0 Å². The second-order valence-corrected chi connectivity index (χ2v) is 18.9. The molecule has 7 aliphatic rings. The zero-order chi connectivity index (χ0) is 40.9. The van der Waals surface area contributed by atoms with Crippen LogP contribution in [0.4, 0.5) is 0 Å². The lowest BCUT2D eigenvalue weighted by atomic mass is 9.79. The van der Waals surface area contributed by atoms with E-state index in [0.29, 0.717) is 56.4 Å². The first-order valence-electron chi connectivity index (χ1n) is 21.6. The van der Waals surface area contributed by atoms with Crippen LogP contribution in [0.5, 0.6) is 0 Å². The summed E-state index contributed by atoms with van der Waals surface area (Å²) in [7, 11) is 0. The fourth-order valence-electron chi connectivity index (χ4n) is 10.5. The van der Waals surface area contributed by atoms with E-state index in [1.807, 2.05) is 26.0 Å². The first-order valence-corrected chi connectivity index (χ1v) is 21.6. The smallest absolute Gasteiger partial charge is 0.215 e. The molecule has 6 saturated heterocycles. The lowest BCUT2D eigenvalue weighted by molar-refractivity contribution is -0.336. The maximum absolute atomic E-state index is 11.5. The molecular weight excluding hydrogens is 750 g/mol. The van der Waals surface area contributed by atoms with Crippen LogP contribution in [-0.2, 0) is 38.0 Å². The van der Waals surface area contributed by atoms with E-state index in [4.69, 9.17) is 33.2 Å². The minimum atomic E-state index is -2.07. The van der Waals surface area contributed by atoms with Crippen LogP contribution in [0.1, 0.15) is 125 Å². The summed E-state index contributed by atoms with van der Waals surface area (Å²) in [5.74, 6) is -4.11. The van der Waals surface area contributed by atoms with E-state index in [0.717, 1.165) is 50.7 Å². The molecule has 0 aromatic carbocycles. The number of hydrogen-bond donors (Lipinski definition) is 5.